The predicted molar refractivity (Wildman–Crippen MR) is 66.1 cm³/mol. The normalized spacial score (nSPS) is 11.3. The predicted octanol–water partition coefficient (Wildman–Crippen LogP) is 2.89. The van der Waals surface area contributed by atoms with Crippen LogP contribution in [-0.4, -0.2) is 12.6 Å². The molecule has 1 aromatic rings. The van der Waals surface area contributed by atoms with Crippen LogP contribution in [0.1, 0.15) is 19.4 Å². The molecule has 86 valence electrons. The summed E-state index contributed by atoms with van der Waals surface area (Å²) >= 11 is 5.84. The zero-order chi connectivity index (χ0) is 12.1. The number of rotatable bonds is 3. The summed E-state index contributed by atoms with van der Waals surface area (Å²) < 4.78 is 4.86. The van der Waals surface area contributed by atoms with E-state index in [1.807, 2.05) is 0 Å². The molecule has 1 aromatic carbocycles. The number of halogens is 1. The van der Waals surface area contributed by atoms with Crippen LogP contribution in [0, 0.1) is 0 Å². The summed E-state index contributed by atoms with van der Waals surface area (Å²) in [5.74, 6) is -0.345. The van der Waals surface area contributed by atoms with Crippen molar-refractivity contribution in [1.29, 1.82) is 0 Å². The highest BCUT2D eigenvalue weighted by Gasteiger charge is 2.05. The van der Waals surface area contributed by atoms with Crippen LogP contribution >= 0.6 is 11.6 Å². The number of nitrogen functional groups attached to an aromatic ring is 1. The Morgan fingerprint density at radius 3 is 2.88 bits per heavy atom. The van der Waals surface area contributed by atoms with Crippen LogP contribution in [0.2, 0.25) is 5.02 Å². The summed E-state index contributed by atoms with van der Waals surface area (Å²) in [6.07, 6.45) is 1.67. The molecule has 0 aliphatic rings. The van der Waals surface area contributed by atoms with Crippen molar-refractivity contribution in [3.05, 3.63) is 34.4 Å². The minimum Gasteiger partial charge on any atom is -0.463 e. The third-order valence-electron chi connectivity index (χ3n) is 2.02. The quantitative estimate of drug-likeness (QED) is 0.501. The van der Waals surface area contributed by atoms with Gasteiger partial charge in [-0.25, -0.2) is 4.79 Å². The smallest absolute Gasteiger partial charge is 0.333 e. The molecule has 0 fully saturated rings. The van der Waals surface area contributed by atoms with Gasteiger partial charge in [0.1, 0.15) is 0 Å². The van der Waals surface area contributed by atoms with Crippen LogP contribution in [0.15, 0.2) is 23.8 Å². The van der Waals surface area contributed by atoms with E-state index in [1.54, 1.807) is 38.1 Å². The Labute approximate surface area is 99.8 Å². The molecule has 0 aromatic heterocycles. The molecule has 0 saturated heterocycles. The highest BCUT2D eigenvalue weighted by Crippen LogP contribution is 2.20. The first-order valence-electron chi connectivity index (χ1n) is 4.95. The molecule has 1 rings (SSSR count). The molecule has 0 spiro atoms. The minimum absolute atomic E-state index is 0.345. The second-order valence-corrected chi connectivity index (χ2v) is 3.76. The summed E-state index contributed by atoms with van der Waals surface area (Å²) in [5.41, 5.74) is 7.55. The molecule has 0 aliphatic carbocycles. The molecular weight excluding hydrogens is 226 g/mol. The Balaban J connectivity index is 2.97. The lowest BCUT2D eigenvalue weighted by molar-refractivity contribution is -0.138. The highest BCUT2D eigenvalue weighted by molar-refractivity contribution is 6.30. The van der Waals surface area contributed by atoms with E-state index in [0.717, 1.165) is 5.56 Å². The minimum atomic E-state index is -0.345. The SMILES string of the molecule is CCOC(=O)C(C)=Cc1cc(Cl)ccc1N. The van der Waals surface area contributed by atoms with Crippen molar-refractivity contribution < 1.29 is 9.53 Å². The molecule has 0 saturated carbocycles. The topological polar surface area (TPSA) is 52.3 Å². The fraction of sp³-hybridized carbons (Fsp3) is 0.250. The summed E-state index contributed by atoms with van der Waals surface area (Å²) in [6.45, 7) is 3.80. The molecule has 0 heterocycles. The van der Waals surface area contributed by atoms with E-state index >= 15 is 0 Å². The van der Waals surface area contributed by atoms with Crippen molar-refractivity contribution in [2.24, 2.45) is 0 Å². The van der Waals surface area contributed by atoms with E-state index in [0.29, 0.717) is 22.9 Å². The van der Waals surface area contributed by atoms with Crippen molar-refractivity contribution >= 4 is 29.3 Å². The molecule has 2 N–H and O–H groups in total. The number of nitrogens with two attached hydrogens (primary N) is 1. The molecular formula is C12H14ClNO2. The Morgan fingerprint density at radius 2 is 2.25 bits per heavy atom. The second-order valence-electron chi connectivity index (χ2n) is 3.32. The Kier molecular flexibility index (Phi) is 4.38. The van der Waals surface area contributed by atoms with Crippen LogP contribution in [0.5, 0.6) is 0 Å². The van der Waals surface area contributed by atoms with Crippen molar-refractivity contribution in [1.82, 2.24) is 0 Å². The average Bonchev–Trinajstić information content (AvgIpc) is 2.23. The van der Waals surface area contributed by atoms with E-state index in [4.69, 9.17) is 22.1 Å². The number of anilines is 1. The Hall–Kier alpha value is -1.48. The Morgan fingerprint density at radius 1 is 1.56 bits per heavy atom. The molecule has 0 bridgehead atoms. The van der Waals surface area contributed by atoms with Gasteiger partial charge < -0.3 is 10.5 Å². The molecule has 0 atom stereocenters. The van der Waals surface area contributed by atoms with E-state index in [1.165, 1.54) is 0 Å². The van der Waals surface area contributed by atoms with Gasteiger partial charge in [0.05, 0.1) is 6.61 Å². The van der Waals surface area contributed by atoms with Gasteiger partial charge in [-0.1, -0.05) is 11.6 Å². The van der Waals surface area contributed by atoms with E-state index in [-0.39, 0.29) is 5.97 Å². The first-order chi connectivity index (χ1) is 7.54. The lowest BCUT2D eigenvalue weighted by atomic mass is 10.1. The number of ether oxygens (including phenoxy) is 1. The first kappa shape index (κ1) is 12.6. The Bertz CT molecular complexity index is 427. The van der Waals surface area contributed by atoms with Gasteiger partial charge in [-0.05, 0) is 43.7 Å². The monoisotopic (exact) mass is 239 g/mol. The van der Waals surface area contributed by atoms with Crippen molar-refractivity contribution in [3.8, 4) is 0 Å². The molecule has 0 amide bonds. The number of hydrogen-bond acceptors (Lipinski definition) is 3. The van der Waals surface area contributed by atoms with Gasteiger partial charge in [-0.2, -0.15) is 0 Å². The van der Waals surface area contributed by atoms with E-state index in [2.05, 4.69) is 0 Å². The maximum absolute atomic E-state index is 11.4. The molecule has 0 radical (unpaired) electrons. The second kappa shape index (κ2) is 5.56. The first-order valence-corrected chi connectivity index (χ1v) is 5.33. The summed E-state index contributed by atoms with van der Waals surface area (Å²) in [4.78, 5) is 11.4. The molecule has 0 aliphatic heterocycles. The van der Waals surface area contributed by atoms with Crippen LogP contribution in [0.25, 0.3) is 6.08 Å². The van der Waals surface area contributed by atoms with Crippen LogP contribution in [-0.2, 0) is 9.53 Å². The molecule has 3 nitrogen and oxygen atoms in total. The van der Waals surface area contributed by atoms with Crippen LogP contribution in [0.4, 0.5) is 5.69 Å². The zero-order valence-corrected chi connectivity index (χ0v) is 10.0. The zero-order valence-electron chi connectivity index (χ0n) is 9.29. The number of benzene rings is 1. The number of carbonyl (C=O) groups is 1. The van der Waals surface area contributed by atoms with Gasteiger partial charge in [-0.15, -0.1) is 0 Å². The third kappa shape index (κ3) is 3.28. The van der Waals surface area contributed by atoms with Crippen molar-refractivity contribution in [2.45, 2.75) is 13.8 Å². The lowest BCUT2D eigenvalue weighted by Crippen LogP contribution is -2.05. The molecule has 0 unspecified atom stereocenters. The van der Waals surface area contributed by atoms with Gasteiger partial charge in [0.2, 0.25) is 0 Å². The third-order valence-corrected chi connectivity index (χ3v) is 2.25. The van der Waals surface area contributed by atoms with Crippen molar-refractivity contribution in [2.75, 3.05) is 12.3 Å². The fourth-order valence-corrected chi connectivity index (χ4v) is 1.39. The standard InChI is InChI=1S/C12H14ClNO2/c1-3-16-12(15)8(2)6-9-7-10(13)4-5-11(9)14/h4-7H,3,14H2,1-2H3. The summed E-state index contributed by atoms with van der Waals surface area (Å²) in [5, 5.41) is 0.581. The van der Waals surface area contributed by atoms with Crippen molar-refractivity contribution in [3.63, 3.8) is 0 Å². The fourth-order valence-electron chi connectivity index (χ4n) is 1.21. The van der Waals surface area contributed by atoms with Gasteiger partial charge in [0.15, 0.2) is 0 Å². The lowest BCUT2D eigenvalue weighted by Gasteiger charge is -2.04. The highest BCUT2D eigenvalue weighted by atomic mass is 35.5. The number of esters is 1. The van der Waals surface area contributed by atoms with Gasteiger partial charge >= 0.3 is 5.97 Å². The van der Waals surface area contributed by atoms with E-state index in [9.17, 15) is 4.79 Å². The number of hydrogen-bond donors (Lipinski definition) is 1. The maximum Gasteiger partial charge on any atom is 0.333 e. The van der Waals surface area contributed by atoms with E-state index < -0.39 is 0 Å². The summed E-state index contributed by atoms with van der Waals surface area (Å²) in [7, 11) is 0. The summed E-state index contributed by atoms with van der Waals surface area (Å²) in [6, 6.07) is 5.11. The molecule has 4 heteroatoms. The van der Waals surface area contributed by atoms with Gasteiger partial charge in [-0.3, -0.25) is 0 Å². The van der Waals surface area contributed by atoms with Gasteiger partial charge in [0, 0.05) is 16.3 Å². The van der Waals surface area contributed by atoms with Crippen LogP contribution in [0.3, 0.4) is 0 Å². The van der Waals surface area contributed by atoms with Gasteiger partial charge in [0.25, 0.3) is 0 Å². The maximum atomic E-state index is 11.4. The average molecular weight is 240 g/mol. The largest absolute Gasteiger partial charge is 0.463 e. The number of carbonyl (C=O) groups excluding carboxylic acids is 1. The molecule has 16 heavy (non-hydrogen) atoms. The van der Waals surface area contributed by atoms with Crippen LogP contribution < -0.4 is 5.73 Å².